The first kappa shape index (κ1) is 14.4. The van der Waals surface area contributed by atoms with Gasteiger partial charge in [-0.05, 0) is 55.6 Å². The molecule has 1 N–H and O–H groups in total. The second-order valence-electron chi connectivity index (χ2n) is 5.55. The first-order valence-electron chi connectivity index (χ1n) is 7.48. The lowest BCUT2D eigenvalue weighted by molar-refractivity contribution is 0.737. The Kier molecular flexibility index (Phi) is 4.47. The average Bonchev–Trinajstić information content (AvgIpc) is 2.51. The molecule has 2 heteroatoms. The summed E-state index contributed by atoms with van der Waals surface area (Å²) in [7, 11) is 0. The molecule has 21 heavy (non-hydrogen) atoms. The largest absolute Gasteiger partial charge is 0.313 e. The number of nitrogens with one attached hydrogen (secondary N) is 1. The van der Waals surface area contributed by atoms with E-state index in [1.54, 1.807) is 0 Å². The van der Waals surface area contributed by atoms with Gasteiger partial charge in [0.05, 0.1) is 0 Å². The number of hydrogen-bond acceptors (Lipinski definition) is 2. The van der Waals surface area contributed by atoms with E-state index in [2.05, 4.69) is 67.7 Å². The van der Waals surface area contributed by atoms with E-state index in [1.807, 2.05) is 11.8 Å². The van der Waals surface area contributed by atoms with E-state index < -0.39 is 0 Å². The van der Waals surface area contributed by atoms with Gasteiger partial charge in [-0.3, -0.25) is 0 Å². The van der Waals surface area contributed by atoms with Crippen LogP contribution in [0.4, 0.5) is 0 Å². The molecule has 1 heterocycles. The van der Waals surface area contributed by atoms with Crippen LogP contribution in [0.2, 0.25) is 0 Å². The zero-order chi connectivity index (χ0) is 14.7. The monoisotopic (exact) mass is 295 g/mol. The summed E-state index contributed by atoms with van der Waals surface area (Å²) < 4.78 is 0. The molecule has 108 valence electrons. The van der Waals surface area contributed by atoms with Crippen LogP contribution in [0.5, 0.6) is 0 Å². The molecule has 0 amide bonds. The zero-order valence-electron chi connectivity index (χ0n) is 12.6. The van der Waals surface area contributed by atoms with E-state index in [0.717, 1.165) is 19.5 Å². The minimum Gasteiger partial charge on any atom is -0.313 e. The van der Waals surface area contributed by atoms with Gasteiger partial charge in [-0.2, -0.15) is 0 Å². The summed E-state index contributed by atoms with van der Waals surface area (Å²) in [4.78, 5) is 2.71. The Labute approximate surface area is 131 Å². The highest BCUT2D eigenvalue weighted by molar-refractivity contribution is 7.99. The number of hydrogen-bond donors (Lipinski definition) is 1. The van der Waals surface area contributed by atoms with Crippen LogP contribution in [-0.2, 0) is 0 Å². The fraction of sp³-hybridized carbons (Fsp3) is 0.263. The van der Waals surface area contributed by atoms with Crippen molar-refractivity contribution < 1.29 is 0 Å². The summed E-state index contributed by atoms with van der Waals surface area (Å²) in [6, 6.07) is 15.5. The lowest BCUT2D eigenvalue weighted by Gasteiger charge is -2.17. The molecule has 0 radical (unpaired) electrons. The smallest absolute Gasteiger partial charge is 0.0197 e. The summed E-state index contributed by atoms with van der Waals surface area (Å²) in [5, 5.41) is 3.39. The van der Waals surface area contributed by atoms with E-state index >= 15 is 0 Å². The Morgan fingerprint density at radius 3 is 2.62 bits per heavy atom. The number of benzene rings is 2. The van der Waals surface area contributed by atoms with Gasteiger partial charge in [0.25, 0.3) is 0 Å². The Morgan fingerprint density at radius 2 is 1.86 bits per heavy atom. The van der Waals surface area contributed by atoms with E-state index in [9.17, 15) is 0 Å². The van der Waals surface area contributed by atoms with Crippen molar-refractivity contribution in [1.82, 2.24) is 5.32 Å². The standard InChI is InChI=1S/C19H21NS/c1-14-7-8-18(15(2)13-14)21-19-6-4-3-5-17(19)16-9-11-20-12-10-16/h3-9,13,20H,10-12H2,1-2H3. The van der Waals surface area contributed by atoms with Crippen LogP contribution in [0.1, 0.15) is 23.1 Å². The molecule has 0 aromatic heterocycles. The predicted octanol–water partition coefficient (Wildman–Crippen LogP) is 4.83. The number of aryl methyl sites for hydroxylation is 2. The Bertz CT molecular complexity index is 673. The molecule has 1 aliphatic rings. The molecule has 1 aliphatic heterocycles. The third-order valence-corrected chi connectivity index (χ3v) is 5.10. The fourth-order valence-electron chi connectivity index (χ4n) is 2.72. The van der Waals surface area contributed by atoms with Gasteiger partial charge >= 0.3 is 0 Å². The lowest BCUT2D eigenvalue weighted by atomic mass is 10.0. The Balaban J connectivity index is 1.93. The molecule has 0 aliphatic carbocycles. The second kappa shape index (κ2) is 6.50. The lowest BCUT2D eigenvalue weighted by Crippen LogP contribution is -2.20. The zero-order valence-corrected chi connectivity index (χ0v) is 13.5. The van der Waals surface area contributed by atoms with Gasteiger partial charge in [-0.15, -0.1) is 0 Å². The minimum atomic E-state index is 0.984. The van der Waals surface area contributed by atoms with Crippen molar-refractivity contribution in [2.24, 2.45) is 0 Å². The van der Waals surface area contributed by atoms with E-state index in [1.165, 1.54) is 32.1 Å². The van der Waals surface area contributed by atoms with E-state index in [-0.39, 0.29) is 0 Å². The maximum absolute atomic E-state index is 3.39. The van der Waals surface area contributed by atoms with Crippen molar-refractivity contribution in [3.63, 3.8) is 0 Å². The SMILES string of the molecule is Cc1ccc(Sc2ccccc2C2=CCNCC2)c(C)c1. The molecule has 0 saturated heterocycles. The van der Waals surface area contributed by atoms with Crippen LogP contribution in [0.3, 0.4) is 0 Å². The topological polar surface area (TPSA) is 12.0 Å². The number of rotatable bonds is 3. The van der Waals surface area contributed by atoms with Crippen LogP contribution in [0.25, 0.3) is 5.57 Å². The van der Waals surface area contributed by atoms with Crippen LogP contribution < -0.4 is 5.32 Å². The molecule has 0 fully saturated rings. The van der Waals surface area contributed by atoms with Gasteiger partial charge in [-0.1, -0.05) is 53.7 Å². The van der Waals surface area contributed by atoms with Crippen molar-refractivity contribution in [3.05, 3.63) is 65.2 Å². The van der Waals surface area contributed by atoms with Gasteiger partial charge in [-0.25, -0.2) is 0 Å². The molecular formula is C19H21NS. The minimum absolute atomic E-state index is 0.984. The van der Waals surface area contributed by atoms with E-state index in [4.69, 9.17) is 0 Å². The van der Waals surface area contributed by atoms with Gasteiger partial charge in [0, 0.05) is 16.3 Å². The fourth-order valence-corrected chi connectivity index (χ4v) is 3.77. The molecule has 0 atom stereocenters. The molecular weight excluding hydrogens is 274 g/mol. The van der Waals surface area contributed by atoms with Crippen molar-refractivity contribution in [1.29, 1.82) is 0 Å². The summed E-state index contributed by atoms with van der Waals surface area (Å²) >= 11 is 1.88. The van der Waals surface area contributed by atoms with Gasteiger partial charge in [0.2, 0.25) is 0 Å². The van der Waals surface area contributed by atoms with Crippen molar-refractivity contribution in [2.45, 2.75) is 30.1 Å². The third kappa shape index (κ3) is 3.39. The van der Waals surface area contributed by atoms with Gasteiger partial charge in [0.15, 0.2) is 0 Å². The highest BCUT2D eigenvalue weighted by Crippen LogP contribution is 2.36. The normalized spacial score (nSPS) is 14.9. The third-order valence-electron chi connectivity index (χ3n) is 3.85. The van der Waals surface area contributed by atoms with Crippen molar-refractivity contribution >= 4 is 17.3 Å². The van der Waals surface area contributed by atoms with E-state index in [0.29, 0.717) is 0 Å². The maximum Gasteiger partial charge on any atom is 0.0197 e. The van der Waals surface area contributed by atoms with Crippen LogP contribution in [-0.4, -0.2) is 13.1 Å². The molecule has 0 spiro atoms. The second-order valence-corrected chi connectivity index (χ2v) is 6.63. The average molecular weight is 295 g/mol. The molecule has 0 unspecified atom stereocenters. The predicted molar refractivity (Wildman–Crippen MR) is 91.9 cm³/mol. The van der Waals surface area contributed by atoms with Gasteiger partial charge < -0.3 is 5.32 Å². The molecule has 3 rings (SSSR count). The highest BCUT2D eigenvalue weighted by Gasteiger charge is 2.11. The van der Waals surface area contributed by atoms with Crippen LogP contribution in [0, 0.1) is 13.8 Å². The molecule has 2 aromatic rings. The first-order valence-corrected chi connectivity index (χ1v) is 8.30. The van der Waals surface area contributed by atoms with Gasteiger partial charge in [0.1, 0.15) is 0 Å². The summed E-state index contributed by atoms with van der Waals surface area (Å²) in [6.45, 7) is 6.41. The summed E-state index contributed by atoms with van der Waals surface area (Å²) in [5.74, 6) is 0. The molecule has 0 bridgehead atoms. The van der Waals surface area contributed by atoms with Crippen molar-refractivity contribution in [2.75, 3.05) is 13.1 Å². The highest BCUT2D eigenvalue weighted by atomic mass is 32.2. The maximum atomic E-state index is 3.39. The van der Waals surface area contributed by atoms with Crippen LogP contribution in [0.15, 0.2) is 58.3 Å². The van der Waals surface area contributed by atoms with Crippen molar-refractivity contribution in [3.8, 4) is 0 Å². The first-order chi connectivity index (χ1) is 10.2. The Morgan fingerprint density at radius 1 is 1.00 bits per heavy atom. The quantitative estimate of drug-likeness (QED) is 0.870. The molecule has 0 saturated carbocycles. The summed E-state index contributed by atoms with van der Waals surface area (Å²) in [5.41, 5.74) is 5.55. The molecule has 2 aromatic carbocycles. The molecule has 1 nitrogen and oxygen atoms in total. The summed E-state index contributed by atoms with van der Waals surface area (Å²) in [6.07, 6.45) is 3.44. The van der Waals surface area contributed by atoms with Crippen LogP contribution >= 0.6 is 11.8 Å². The Hall–Kier alpha value is -1.51.